The molecule has 2 unspecified atom stereocenters. The van der Waals surface area contributed by atoms with Crippen molar-refractivity contribution in [1.29, 1.82) is 0 Å². The molecule has 20 heavy (non-hydrogen) atoms. The smallest absolute Gasteiger partial charge is 0.138 e. The third-order valence-corrected chi connectivity index (χ3v) is 3.90. The van der Waals surface area contributed by atoms with Crippen molar-refractivity contribution in [3.8, 4) is 0 Å². The molecule has 118 valence electrons. The maximum atomic E-state index is 12.0. The van der Waals surface area contributed by atoms with Gasteiger partial charge in [-0.1, -0.05) is 40.7 Å². The second kappa shape index (κ2) is 10.1. The number of aliphatic hydroxyl groups excluding tert-OH is 1. The van der Waals surface area contributed by atoms with E-state index in [-0.39, 0.29) is 11.8 Å². The van der Waals surface area contributed by atoms with Gasteiger partial charge in [0.1, 0.15) is 12.0 Å². The zero-order valence-electron chi connectivity index (χ0n) is 14.0. The lowest BCUT2D eigenvalue weighted by Gasteiger charge is -2.27. The van der Waals surface area contributed by atoms with Gasteiger partial charge in [0.05, 0.1) is 0 Å². The minimum Gasteiger partial charge on any atom is -0.374 e. The maximum Gasteiger partial charge on any atom is 0.138 e. The van der Waals surface area contributed by atoms with Crippen LogP contribution in [0.3, 0.4) is 0 Å². The summed E-state index contributed by atoms with van der Waals surface area (Å²) in [6.45, 7) is 15.4. The average molecular weight is 283 g/mol. The summed E-state index contributed by atoms with van der Waals surface area (Å²) in [6.07, 6.45) is 3.41. The van der Waals surface area contributed by atoms with E-state index in [1.807, 2.05) is 32.6 Å². The summed E-state index contributed by atoms with van der Waals surface area (Å²) >= 11 is 0. The standard InChI is InChI=1S/C17H33NO2/c1-7-15(16(19)13(3)4)11-9-10-12-18(8-2)17(20)14(5)6/h13,15,17,20H,5,7-12H2,1-4,6H3. The second-order valence-corrected chi connectivity index (χ2v) is 6.01. The van der Waals surface area contributed by atoms with Gasteiger partial charge >= 0.3 is 0 Å². The largest absolute Gasteiger partial charge is 0.374 e. The Morgan fingerprint density at radius 1 is 1.25 bits per heavy atom. The molecular formula is C17H33NO2. The van der Waals surface area contributed by atoms with Gasteiger partial charge in [-0.15, -0.1) is 0 Å². The van der Waals surface area contributed by atoms with E-state index in [9.17, 15) is 9.90 Å². The predicted octanol–water partition coefficient (Wildman–Crippen LogP) is 3.62. The summed E-state index contributed by atoms with van der Waals surface area (Å²) in [5, 5.41) is 9.97. The number of hydrogen-bond acceptors (Lipinski definition) is 3. The molecule has 0 fully saturated rings. The molecule has 3 nitrogen and oxygen atoms in total. The Balaban J connectivity index is 4.10. The van der Waals surface area contributed by atoms with Gasteiger partial charge in [-0.05, 0) is 38.3 Å². The van der Waals surface area contributed by atoms with Gasteiger partial charge in [0.2, 0.25) is 0 Å². The number of nitrogens with zero attached hydrogens (tertiary/aromatic N) is 1. The van der Waals surface area contributed by atoms with E-state index in [2.05, 4.69) is 13.5 Å². The first kappa shape index (κ1) is 19.3. The van der Waals surface area contributed by atoms with Crippen LogP contribution in [0.2, 0.25) is 0 Å². The van der Waals surface area contributed by atoms with Gasteiger partial charge in [-0.3, -0.25) is 9.69 Å². The van der Waals surface area contributed by atoms with Crippen molar-refractivity contribution in [1.82, 2.24) is 4.90 Å². The fourth-order valence-electron chi connectivity index (χ4n) is 2.49. The zero-order chi connectivity index (χ0) is 15.7. The van der Waals surface area contributed by atoms with Gasteiger partial charge in [0.15, 0.2) is 0 Å². The molecule has 0 saturated heterocycles. The third-order valence-electron chi connectivity index (χ3n) is 3.90. The molecular weight excluding hydrogens is 250 g/mol. The molecule has 0 radical (unpaired) electrons. The Labute approximate surface area is 125 Å². The highest BCUT2D eigenvalue weighted by Gasteiger charge is 2.19. The summed E-state index contributed by atoms with van der Waals surface area (Å²) in [7, 11) is 0. The van der Waals surface area contributed by atoms with Gasteiger partial charge < -0.3 is 5.11 Å². The minimum atomic E-state index is -0.542. The molecule has 0 amide bonds. The number of carbonyl (C=O) groups excluding carboxylic acids is 1. The van der Waals surface area contributed by atoms with Crippen LogP contribution in [0.4, 0.5) is 0 Å². The summed E-state index contributed by atoms with van der Waals surface area (Å²) in [5.74, 6) is 0.732. The highest BCUT2D eigenvalue weighted by atomic mass is 16.3. The van der Waals surface area contributed by atoms with Crippen LogP contribution in [0, 0.1) is 11.8 Å². The zero-order valence-corrected chi connectivity index (χ0v) is 14.0. The second-order valence-electron chi connectivity index (χ2n) is 6.01. The van der Waals surface area contributed by atoms with Gasteiger partial charge in [-0.25, -0.2) is 0 Å². The summed E-state index contributed by atoms with van der Waals surface area (Å²) in [6, 6.07) is 0. The molecule has 0 aliphatic carbocycles. The van der Waals surface area contributed by atoms with Crippen LogP contribution in [0.15, 0.2) is 12.2 Å². The minimum absolute atomic E-state index is 0.136. The normalized spacial score (nSPS) is 14.6. The fraction of sp³-hybridized carbons (Fsp3) is 0.824. The lowest BCUT2D eigenvalue weighted by molar-refractivity contribution is -0.126. The van der Waals surface area contributed by atoms with Crippen LogP contribution < -0.4 is 0 Å². The molecule has 3 heteroatoms. The molecule has 0 heterocycles. The number of hydrogen-bond donors (Lipinski definition) is 1. The Morgan fingerprint density at radius 2 is 1.85 bits per heavy atom. The van der Waals surface area contributed by atoms with Crippen molar-refractivity contribution in [3.05, 3.63) is 12.2 Å². The molecule has 2 atom stereocenters. The molecule has 0 aromatic carbocycles. The van der Waals surface area contributed by atoms with E-state index in [1.165, 1.54) is 0 Å². The first-order chi connectivity index (χ1) is 9.34. The fourth-order valence-corrected chi connectivity index (χ4v) is 2.49. The van der Waals surface area contributed by atoms with Crippen molar-refractivity contribution in [2.45, 2.75) is 66.5 Å². The quantitative estimate of drug-likeness (QED) is 0.358. The molecule has 0 bridgehead atoms. The Morgan fingerprint density at radius 3 is 2.25 bits per heavy atom. The number of Topliss-reactive ketones (excluding diaryl/α,β-unsaturated/α-hetero) is 1. The van der Waals surface area contributed by atoms with Crippen molar-refractivity contribution >= 4 is 5.78 Å². The maximum absolute atomic E-state index is 12.0. The van der Waals surface area contributed by atoms with Gasteiger partial charge in [-0.2, -0.15) is 0 Å². The molecule has 0 saturated carbocycles. The lowest BCUT2D eigenvalue weighted by atomic mass is 9.89. The van der Waals surface area contributed by atoms with Crippen molar-refractivity contribution in [2.75, 3.05) is 13.1 Å². The molecule has 0 aliphatic rings. The van der Waals surface area contributed by atoms with Gasteiger partial charge in [0, 0.05) is 18.4 Å². The van der Waals surface area contributed by atoms with E-state index in [4.69, 9.17) is 0 Å². The number of unbranched alkanes of at least 4 members (excludes halogenated alkanes) is 1. The molecule has 0 spiro atoms. The highest BCUT2D eigenvalue weighted by molar-refractivity contribution is 5.82. The van der Waals surface area contributed by atoms with E-state index in [0.717, 1.165) is 44.3 Å². The van der Waals surface area contributed by atoms with Crippen LogP contribution in [0.5, 0.6) is 0 Å². The Kier molecular flexibility index (Phi) is 9.78. The molecule has 0 aromatic rings. The number of ketones is 1. The van der Waals surface area contributed by atoms with Crippen molar-refractivity contribution < 1.29 is 9.90 Å². The van der Waals surface area contributed by atoms with Gasteiger partial charge in [0.25, 0.3) is 0 Å². The Bertz CT molecular complexity index is 299. The molecule has 1 N–H and O–H groups in total. The topological polar surface area (TPSA) is 40.5 Å². The number of carbonyl (C=O) groups is 1. The average Bonchev–Trinajstić information content (AvgIpc) is 2.41. The van der Waals surface area contributed by atoms with Crippen LogP contribution in [0.25, 0.3) is 0 Å². The predicted molar refractivity (Wildman–Crippen MR) is 85.5 cm³/mol. The van der Waals surface area contributed by atoms with Crippen molar-refractivity contribution in [2.24, 2.45) is 11.8 Å². The van der Waals surface area contributed by atoms with Crippen LogP contribution in [-0.2, 0) is 4.79 Å². The van der Waals surface area contributed by atoms with E-state index in [0.29, 0.717) is 5.78 Å². The SMILES string of the molecule is C=C(C)C(O)N(CC)CCCCC(CC)C(=O)C(C)C. The van der Waals surface area contributed by atoms with Crippen LogP contribution in [-0.4, -0.2) is 35.1 Å². The number of aliphatic hydroxyl groups is 1. The van der Waals surface area contributed by atoms with Crippen molar-refractivity contribution in [3.63, 3.8) is 0 Å². The number of likely N-dealkylation sites (N-methyl/N-ethyl adjacent to an activating group) is 1. The Hall–Kier alpha value is -0.670. The number of rotatable bonds is 11. The van der Waals surface area contributed by atoms with Crippen LogP contribution >= 0.6 is 0 Å². The third kappa shape index (κ3) is 6.67. The van der Waals surface area contributed by atoms with E-state index in [1.54, 1.807) is 0 Å². The monoisotopic (exact) mass is 283 g/mol. The van der Waals surface area contributed by atoms with E-state index < -0.39 is 6.23 Å². The summed E-state index contributed by atoms with van der Waals surface area (Å²) in [5.41, 5.74) is 0.785. The summed E-state index contributed by atoms with van der Waals surface area (Å²) < 4.78 is 0. The molecule has 0 aromatic heterocycles. The molecule has 0 rings (SSSR count). The van der Waals surface area contributed by atoms with Crippen LogP contribution in [0.1, 0.15) is 60.3 Å². The first-order valence-corrected chi connectivity index (χ1v) is 7.96. The summed E-state index contributed by atoms with van der Waals surface area (Å²) in [4.78, 5) is 14.0. The molecule has 0 aliphatic heterocycles. The van der Waals surface area contributed by atoms with E-state index >= 15 is 0 Å². The highest BCUT2D eigenvalue weighted by Crippen LogP contribution is 2.18. The first-order valence-electron chi connectivity index (χ1n) is 7.96. The lowest BCUT2D eigenvalue weighted by Crippen LogP contribution is -2.36.